The highest BCUT2D eigenvalue weighted by Gasteiger charge is 2.36. The van der Waals surface area contributed by atoms with Crippen molar-refractivity contribution in [1.29, 1.82) is 0 Å². The molecule has 0 aliphatic carbocycles. The molecule has 31 heavy (non-hydrogen) atoms. The summed E-state index contributed by atoms with van der Waals surface area (Å²) in [5, 5.41) is 20.1. The van der Waals surface area contributed by atoms with E-state index < -0.39 is 14.8 Å². The van der Waals surface area contributed by atoms with E-state index in [4.69, 9.17) is 21.9 Å². The summed E-state index contributed by atoms with van der Waals surface area (Å²) in [6.45, 7) is 5.77. The number of benzene rings is 2. The molecule has 1 aromatic heterocycles. The minimum atomic E-state index is -3.83. The number of thioether (sulfide) groups is 1. The van der Waals surface area contributed by atoms with E-state index >= 15 is 0 Å². The van der Waals surface area contributed by atoms with Gasteiger partial charge < -0.3 is 4.52 Å². The Bertz CT molecular complexity index is 1210. The van der Waals surface area contributed by atoms with E-state index in [9.17, 15) is 13.6 Å². The third-order valence-corrected chi connectivity index (χ3v) is 7.27. The molecule has 1 heterocycles. The number of hydrogen-bond donors (Lipinski definition) is 2. The first-order valence-electron chi connectivity index (χ1n) is 9.05. The smallest absolute Gasteiger partial charge is 0.238 e. The molecule has 0 amide bonds. The van der Waals surface area contributed by atoms with Crippen molar-refractivity contribution < 1.29 is 18.1 Å². The molecule has 0 saturated heterocycles. The average molecular weight is 476 g/mol. The molecule has 0 aliphatic heterocycles. The van der Waals surface area contributed by atoms with Crippen molar-refractivity contribution in [3.05, 3.63) is 73.0 Å². The van der Waals surface area contributed by atoms with E-state index in [0.29, 0.717) is 22.6 Å². The van der Waals surface area contributed by atoms with Crippen LogP contribution >= 0.6 is 24.0 Å². The number of hydrogen-bond acceptors (Lipinski definition) is 7. The van der Waals surface area contributed by atoms with Crippen LogP contribution in [0.3, 0.4) is 0 Å². The molecular weight excluding hydrogens is 454 g/mol. The molecule has 0 saturated carbocycles. The minimum absolute atomic E-state index is 0.000504. The summed E-state index contributed by atoms with van der Waals surface area (Å²) in [5.74, 6) is 0.457. The molecule has 162 valence electrons. The first-order valence-corrected chi connectivity index (χ1v) is 11.8. The minimum Gasteiger partial charge on any atom is -0.358 e. The van der Waals surface area contributed by atoms with Gasteiger partial charge in [-0.25, -0.2) is 18.6 Å². The summed E-state index contributed by atoms with van der Waals surface area (Å²) in [6.07, 6.45) is 1.66. The summed E-state index contributed by atoms with van der Waals surface area (Å²) < 4.78 is 28.5. The van der Waals surface area contributed by atoms with Gasteiger partial charge in [0, 0.05) is 12.6 Å². The van der Waals surface area contributed by atoms with E-state index in [1.54, 1.807) is 18.2 Å². The van der Waals surface area contributed by atoms with Crippen molar-refractivity contribution in [3.63, 3.8) is 0 Å². The van der Waals surface area contributed by atoms with E-state index in [2.05, 4.69) is 11.7 Å². The Morgan fingerprint density at radius 2 is 1.84 bits per heavy atom. The van der Waals surface area contributed by atoms with Crippen LogP contribution in [-0.4, -0.2) is 35.2 Å². The third-order valence-electron chi connectivity index (χ3n) is 4.61. The summed E-state index contributed by atoms with van der Waals surface area (Å²) in [4.78, 5) is -0.000504. The maximum atomic E-state index is 11.7. The lowest BCUT2D eigenvalue weighted by atomic mass is 9.94. The molecule has 7 nitrogen and oxygen atoms in total. The van der Waals surface area contributed by atoms with Gasteiger partial charge in [-0.3, -0.25) is 5.21 Å². The van der Waals surface area contributed by atoms with Crippen LogP contribution in [0.2, 0.25) is 0 Å². The lowest BCUT2D eigenvalue weighted by molar-refractivity contribution is 0.0204. The molecule has 1 unspecified atom stereocenters. The molecule has 1 atom stereocenters. The molecule has 3 aromatic rings. The quantitative estimate of drug-likeness (QED) is 0.307. The van der Waals surface area contributed by atoms with E-state index in [1.807, 2.05) is 37.3 Å². The molecule has 3 rings (SSSR count). The van der Waals surface area contributed by atoms with Gasteiger partial charge in [0.2, 0.25) is 10.0 Å². The zero-order valence-electron chi connectivity index (χ0n) is 16.8. The van der Waals surface area contributed by atoms with Gasteiger partial charge in [0.15, 0.2) is 10.1 Å². The zero-order valence-corrected chi connectivity index (χ0v) is 19.3. The van der Waals surface area contributed by atoms with Gasteiger partial charge in [-0.1, -0.05) is 77.7 Å². The molecule has 0 fully saturated rings. The second kappa shape index (κ2) is 8.93. The Balaban J connectivity index is 2.23. The Kier molecular flexibility index (Phi) is 6.68. The third kappa shape index (κ3) is 4.89. The van der Waals surface area contributed by atoms with Crippen molar-refractivity contribution >= 4 is 38.3 Å². The monoisotopic (exact) mass is 475 g/mol. The van der Waals surface area contributed by atoms with Crippen LogP contribution in [-0.2, 0) is 14.8 Å². The molecule has 0 bridgehead atoms. The number of aromatic nitrogens is 1. The standard InChI is InChI=1S/C21H21N3O4S3/c1-4-21(2,30-20(29)24(3)25)19-17(14-10-12-16(13-11-14)31(22,26)27)18(23-28-19)15-8-6-5-7-9-15/h4-13,25H,1H2,2-3H3,(H2,22,26,27). The predicted molar refractivity (Wildman–Crippen MR) is 126 cm³/mol. The molecule has 2 aromatic carbocycles. The summed E-state index contributed by atoms with van der Waals surface area (Å²) >= 11 is 6.43. The Morgan fingerprint density at radius 1 is 1.23 bits per heavy atom. The van der Waals surface area contributed by atoms with Gasteiger partial charge in [0.25, 0.3) is 0 Å². The molecule has 0 spiro atoms. The van der Waals surface area contributed by atoms with Crippen LogP contribution in [0.1, 0.15) is 12.7 Å². The fraction of sp³-hybridized carbons (Fsp3) is 0.143. The van der Waals surface area contributed by atoms with Gasteiger partial charge >= 0.3 is 0 Å². The van der Waals surface area contributed by atoms with Crippen molar-refractivity contribution in [2.75, 3.05) is 7.05 Å². The second-order valence-corrected chi connectivity index (χ2v) is 10.5. The van der Waals surface area contributed by atoms with Gasteiger partial charge in [-0.2, -0.15) is 0 Å². The highest BCUT2D eigenvalue weighted by atomic mass is 32.2. The fourth-order valence-electron chi connectivity index (χ4n) is 2.93. The fourth-order valence-corrected chi connectivity index (χ4v) is 4.77. The number of sulfonamides is 1. The number of rotatable bonds is 6. The van der Waals surface area contributed by atoms with Gasteiger partial charge in [-0.15, -0.1) is 6.58 Å². The Morgan fingerprint density at radius 3 is 2.35 bits per heavy atom. The van der Waals surface area contributed by atoms with Crippen LogP contribution < -0.4 is 5.14 Å². The van der Waals surface area contributed by atoms with Gasteiger partial charge in [-0.05, 0) is 24.6 Å². The Labute approximate surface area is 190 Å². The lowest BCUT2D eigenvalue weighted by Crippen LogP contribution is -2.24. The van der Waals surface area contributed by atoms with Crippen LogP contribution in [0.25, 0.3) is 22.4 Å². The van der Waals surface area contributed by atoms with E-state index in [1.165, 1.54) is 30.9 Å². The van der Waals surface area contributed by atoms with Crippen LogP contribution in [0.15, 0.2) is 76.7 Å². The van der Waals surface area contributed by atoms with Crippen LogP contribution in [0.4, 0.5) is 0 Å². The van der Waals surface area contributed by atoms with E-state index in [-0.39, 0.29) is 9.22 Å². The van der Waals surface area contributed by atoms with Crippen molar-refractivity contribution in [2.24, 2.45) is 5.14 Å². The van der Waals surface area contributed by atoms with Crippen LogP contribution in [0, 0.1) is 0 Å². The number of nitrogens with two attached hydrogens (primary N) is 1. The summed E-state index contributed by atoms with van der Waals surface area (Å²) in [5.41, 5.74) is 2.74. The summed E-state index contributed by atoms with van der Waals surface area (Å²) in [6, 6.07) is 15.6. The predicted octanol–water partition coefficient (Wildman–Crippen LogP) is 4.40. The second-order valence-electron chi connectivity index (χ2n) is 6.87. The molecule has 3 N–H and O–H groups in total. The van der Waals surface area contributed by atoms with Gasteiger partial charge in [0.05, 0.1) is 15.2 Å². The highest BCUT2D eigenvalue weighted by Crippen LogP contribution is 2.46. The molecule has 0 radical (unpaired) electrons. The maximum absolute atomic E-state index is 11.7. The summed E-state index contributed by atoms with van der Waals surface area (Å²) in [7, 11) is -2.40. The zero-order chi connectivity index (χ0) is 22.8. The SMILES string of the molecule is C=CC(C)(SC(=S)N(C)O)c1onc(-c2ccccc2)c1-c1ccc(S(N)(=O)=O)cc1. The maximum Gasteiger partial charge on any atom is 0.238 e. The first kappa shape index (κ1) is 23.2. The number of thiocarbonyl (C=S) groups is 1. The number of primary sulfonamides is 1. The van der Waals surface area contributed by atoms with E-state index in [0.717, 1.165) is 10.6 Å². The topological polar surface area (TPSA) is 110 Å². The molecule has 0 aliphatic rings. The first-order chi connectivity index (χ1) is 14.6. The number of nitrogens with zero attached hydrogens (tertiary/aromatic N) is 2. The lowest BCUT2D eigenvalue weighted by Gasteiger charge is -2.25. The van der Waals surface area contributed by atoms with Crippen molar-refractivity contribution in [1.82, 2.24) is 10.2 Å². The normalized spacial score (nSPS) is 13.4. The van der Waals surface area contributed by atoms with Gasteiger partial charge in [0.1, 0.15) is 5.69 Å². The molecule has 10 heteroatoms. The van der Waals surface area contributed by atoms with Crippen molar-refractivity contribution in [3.8, 4) is 22.4 Å². The average Bonchev–Trinajstić information content (AvgIpc) is 3.19. The largest absolute Gasteiger partial charge is 0.358 e. The Hall–Kier alpha value is -2.50. The number of hydroxylamine groups is 2. The van der Waals surface area contributed by atoms with Crippen molar-refractivity contribution in [2.45, 2.75) is 16.6 Å². The molecular formula is C21H21N3O4S3. The highest BCUT2D eigenvalue weighted by molar-refractivity contribution is 8.23. The van der Waals surface area contributed by atoms with Crippen LogP contribution in [0.5, 0.6) is 0 Å².